The van der Waals surface area contributed by atoms with Crippen molar-refractivity contribution in [1.29, 1.82) is 0 Å². The zero-order valence-electron chi connectivity index (χ0n) is 23.6. The van der Waals surface area contributed by atoms with E-state index in [2.05, 4.69) is 10.6 Å². The maximum Gasteiger partial charge on any atom is 0.416 e. The van der Waals surface area contributed by atoms with Crippen LogP contribution in [0.15, 0.2) is 132 Å². The van der Waals surface area contributed by atoms with E-state index in [1.807, 2.05) is 30.3 Å². The van der Waals surface area contributed by atoms with E-state index in [-0.39, 0.29) is 16.9 Å². The molecule has 4 rings (SSSR count). The minimum absolute atomic E-state index is 0.0432. The summed E-state index contributed by atoms with van der Waals surface area (Å²) in [6.45, 7) is 0. The lowest BCUT2D eigenvalue weighted by Crippen LogP contribution is -2.50. The van der Waals surface area contributed by atoms with Crippen LogP contribution in [0.5, 0.6) is 0 Å². The molecule has 6 nitrogen and oxygen atoms in total. The first-order valence-corrected chi connectivity index (χ1v) is 15.4. The quantitative estimate of drug-likeness (QED) is 0.199. The second-order valence-electron chi connectivity index (χ2n) is 10.1. The van der Waals surface area contributed by atoms with Gasteiger partial charge in [-0.3, -0.25) is 9.59 Å². The Morgan fingerprint density at radius 2 is 1.27 bits per heavy atom. The van der Waals surface area contributed by atoms with Gasteiger partial charge < -0.3 is 10.6 Å². The average molecular weight is 621 g/mol. The molecule has 0 saturated carbocycles. The zero-order valence-corrected chi connectivity index (χ0v) is 24.4. The van der Waals surface area contributed by atoms with E-state index in [1.54, 1.807) is 48.5 Å². The van der Waals surface area contributed by atoms with Crippen molar-refractivity contribution in [3.8, 4) is 0 Å². The summed E-state index contributed by atoms with van der Waals surface area (Å²) in [7, 11) is -3.79. The van der Waals surface area contributed by atoms with Gasteiger partial charge in [-0.15, -0.1) is 0 Å². The second kappa shape index (κ2) is 14.7. The fourth-order valence-electron chi connectivity index (χ4n) is 4.46. The summed E-state index contributed by atoms with van der Waals surface area (Å²) < 4.78 is 64.9. The molecule has 0 saturated heterocycles. The third kappa shape index (κ3) is 9.40. The van der Waals surface area contributed by atoms with Gasteiger partial charge in [0.25, 0.3) is 5.91 Å². The van der Waals surface area contributed by atoms with E-state index < -0.39 is 45.5 Å². The normalized spacial score (nSPS) is 13.2. The summed E-state index contributed by atoms with van der Waals surface area (Å²) in [4.78, 5) is 26.8. The van der Waals surface area contributed by atoms with Crippen LogP contribution >= 0.6 is 0 Å². The van der Waals surface area contributed by atoms with Crippen LogP contribution < -0.4 is 10.6 Å². The molecule has 4 aromatic carbocycles. The number of hydrogen-bond donors (Lipinski definition) is 2. The summed E-state index contributed by atoms with van der Waals surface area (Å²) in [6.07, 6.45) is -2.15. The fourth-order valence-corrected chi connectivity index (χ4v) is 5.56. The maximum absolute atomic E-state index is 13.7. The van der Waals surface area contributed by atoms with Gasteiger partial charge in [-0.25, -0.2) is 8.42 Å². The Labute approximate surface area is 254 Å². The van der Waals surface area contributed by atoms with Crippen LogP contribution in [-0.2, 0) is 33.6 Å². The molecule has 0 fully saturated rings. The van der Waals surface area contributed by atoms with E-state index in [0.717, 1.165) is 40.8 Å². The van der Waals surface area contributed by atoms with E-state index in [0.29, 0.717) is 12.8 Å². The lowest BCUT2D eigenvalue weighted by molar-refractivity contribution is -0.137. The number of hydrogen-bond acceptors (Lipinski definition) is 4. The van der Waals surface area contributed by atoms with Crippen molar-refractivity contribution >= 4 is 21.7 Å². The molecule has 0 bridgehead atoms. The van der Waals surface area contributed by atoms with E-state index >= 15 is 0 Å². The summed E-state index contributed by atoms with van der Waals surface area (Å²) in [5.74, 6) is -1.30. The topological polar surface area (TPSA) is 92.3 Å². The van der Waals surface area contributed by atoms with Crippen molar-refractivity contribution in [1.82, 2.24) is 10.6 Å². The number of alkyl halides is 3. The maximum atomic E-state index is 13.7. The van der Waals surface area contributed by atoms with E-state index in [4.69, 9.17) is 0 Å². The number of halogens is 3. The molecular formula is C34H31F3N2O4S. The number of amides is 2. The molecular weight excluding hydrogens is 589 g/mol. The summed E-state index contributed by atoms with van der Waals surface area (Å²) >= 11 is 0. The van der Waals surface area contributed by atoms with Gasteiger partial charge in [0.05, 0.1) is 10.5 Å². The van der Waals surface area contributed by atoms with Gasteiger partial charge >= 0.3 is 6.18 Å². The molecule has 0 aromatic heterocycles. The Hall–Kier alpha value is -4.70. The number of benzene rings is 4. The molecule has 0 heterocycles. The molecule has 2 amide bonds. The van der Waals surface area contributed by atoms with Crippen molar-refractivity contribution in [3.63, 3.8) is 0 Å². The lowest BCUT2D eigenvalue weighted by atomic mass is 10.0. The average Bonchev–Trinajstić information content (AvgIpc) is 3.03. The molecule has 0 radical (unpaired) electrons. The van der Waals surface area contributed by atoms with Crippen molar-refractivity contribution in [2.24, 2.45) is 0 Å². The first-order valence-electron chi connectivity index (χ1n) is 13.9. The summed E-state index contributed by atoms with van der Waals surface area (Å²) in [6, 6.07) is 28.2. The Morgan fingerprint density at radius 3 is 1.84 bits per heavy atom. The van der Waals surface area contributed by atoms with E-state index in [9.17, 15) is 31.2 Å². The van der Waals surface area contributed by atoms with Crippen molar-refractivity contribution in [2.45, 2.75) is 42.4 Å². The molecule has 0 unspecified atom stereocenters. The number of rotatable bonds is 12. The smallest absolute Gasteiger partial charge is 0.348 e. The molecule has 10 heteroatoms. The third-order valence-corrected chi connectivity index (χ3v) is 8.30. The highest BCUT2D eigenvalue weighted by atomic mass is 32.2. The van der Waals surface area contributed by atoms with Gasteiger partial charge in [0.1, 0.15) is 6.04 Å². The Morgan fingerprint density at radius 1 is 0.727 bits per heavy atom. The third-order valence-electron chi connectivity index (χ3n) is 6.86. The van der Waals surface area contributed by atoms with Gasteiger partial charge in [0, 0.05) is 23.4 Å². The number of aryl methyl sites for hydroxylation is 1. The number of nitrogens with one attached hydrogen (secondary N) is 2. The number of carbonyl (C=O) groups is 2. The summed E-state index contributed by atoms with van der Waals surface area (Å²) in [5.41, 5.74) is 0.787. The molecule has 0 spiro atoms. The highest BCUT2D eigenvalue weighted by Crippen LogP contribution is 2.29. The monoisotopic (exact) mass is 620 g/mol. The molecule has 44 heavy (non-hydrogen) atoms. The standard InChI is InChI=1S/C34H31F3N2O4S/c35-34(36,37)28-19-17-27(18-20-28)32(40)39-31(24-26-12-6-2-7-13-26)33(41)38-29(21-16-25-10-4-1-5-11-25)22-23-44(42,43)30-14-8-3-9-15-30/h1-15,17-20,22-23,29,31H,16,21,24H2,(H,38,41)(H,39,40)/b23-22+/t29-,31-/m0/s1. The molecule has 228 valence electrons. The summed E-state index contributed by atoms with van der Waals surface area (Å²) in [5, 5.41) is 6.57. The predicted molar refractivity (Wildman–Crippen MR) is 162 cm³/mol. The molecule has 0 aliphatic heterocycles. The highest BCUT2D eigenvalue weighted by molar-refractivity contribution is 7.94. The van der Waals surface area contributed by atoms with Gasteiger partial charge in [0.2, 0.25) is 5.91 Å². The Bertz CT molecular complexity index is 1660. The minimum atomic E-state index is -4.55. The first kappa shape index (κ1) is 32.2. The van der Waals surface area contributed by atoms with Crippen LogP contribution in [0.4, 0.5) is 13.2 Å². The second-order valence-corrected chi connectivity index (χ2v) is 12.0. The first-order chi connectivity index (χ1) is 21.0. The lowest BCUT2D eigenvalue weighted by Gasteiger charge is -2.22. The van der Waals surface area contributed by atoms with Crippen LogP contribution in [0.3, 0.4) is 0 Å². The van der Waals surface area contributed by atoms with Crippen molar-refractivity contribution < 1.29 is 31.2 Å². The molecule has 2 atom stereocenters. The fraction of sp³-hybridized carbons (Fsp3) is 0.176. The molecule has 0 aliphatic carbocycles. The van der Waals surface area contributed by atoms with Crippen molar-refractivity contribution in [2.75, 3.05) is 0 Å². The molecule has 2 N–H and O–H groups in total. The highest BCUT2D eigenvalue weighted by Gasteiger charge is 2.30. The Balaban J connectivity index is 1.57. The Kier molecular flexibility index (Phi) is 10.7. The minimum Gasteiger partial charge on any atom is -0.348 e. The number of carbonyl (C=O) groups excluding carboxylic acids is 2. The van der Waals surface area contributed by atoms with Gasteiger partial charge in [-0.05, 0) is 60.4 Å². The van der Waals surface area contributed by atoms with Crippen molar-refractivity contribution in [3.05, 3.63) is 149 Å². The predicted octanol–water partition coefficient (Wildman–Crippen LogP) is 6.15. The van der Waals surface area contributed by atoms with E-state index in [1.165, 1.54) is 18.2 Å². The van der Waals surface area contributed by atoms with Crippen LogP contribution in [0.1, 0.15) is 33.5 Å². The van der Waals surface area contributed by atoms with Crippen LogP contribution in [0.25, 0.3) is 0 Å². The molecule has 4 aromatic rings. The van der Waals surface area contributed by atoms with Crippen LogP contribution in [0, 0.1) is 0 Å². The largest absolute Gasteiger partial charge is 0.416 e. The van der Waals surface area contributed by atoms with Crippen LogP contribution in [0.2, 0.25) is 0 Å². The molecule has 0 aliphatic rings. The van der Waals surface area contributed by atoms with Gasteiger partial charge in [-0.1, -0.05) is 84.9 Å². The number of sulfone groups is 1. The van der Waals surface area contributed by atoms with Gasteiger partial charge in [-0.2, -0.15) is 13.2 Å². The van der Waals surface area contributed by atoms with Crippen LogP contribution in [-0.4, -0.2) is 32.3 Å². The zero-order chi connectivity index (χ0) is 31.6. The SMILES string of the molecule is O=C(N[C@@H](Cc1ccccc1)C(=O)N[C@H](/C=C/S(=O)(=O)c1ccccc1)CCc1ccccc1)c1ccc(C(F)(F)F)cc1. The van der Waals surface area contributed by atoms with Gasteiger partial charge in [0.15, 0.2) is 9.84 Å².